The van der Waals surface area contributed by atoms with E-state index in [1.807, 2.05) is 30.3 Å². The van der Waals surface area contributed by atoms with Crippen LogP contribution in [-0.2, 0) is 26.5 Å². The van der Waals surface area contributed by atoms with Gasteiger partial charge in [-0.1, -0.05) is 43.3 Å². The van der Waals surface area contributed by atoms with E-state index in [0.29, 0.717) is 28.3 Å². The quantitative estimate of drug-likeness (QED) is 0.253. The zero-order valence-electron chi connectivity index (χ0n) is 27.2. The van der Waals surface area contributed by atoms with Crippen LogP contribution in [-0.4, -0.2) is 66.3 Å². The van der Waals surface area contributed by atoms with Gasteiger partial charge in [-0.15, -0.1) is 6.58 Å². The molecule has 1 fully saturated rings. The molecule has 1 spiro atoms. The molecular formula is C37H42FN3O6. The largest absolute Gasteiger partial charge is 0.497 e. The van der Waals surface area contributed by atoms with Crippen molar-refractivity contribution in [3.63, 3.8) is 0 Å². The third-order valence-electron chi connectivity index (χ3n) is 9.20. The number of hydrogen-bond acceptors (Lipinski definition) is 6. The second kappa shape index (κ2) is 13.7. The second-order valence-electron chi connectivity index (χ2n) is 12.6. The van der Waals surface area contributed by atoms with E-state index in [-0.39, 0.29) is 50.4 Å². The van der Waals surface area contributed by atoms with Crippen molar-refractivity contribution in [2.75, 3.05) is 37.0 Å². The van der Waals surface area contributed by atoms with Crippen LogP contribution in [0.2, 0.25) is 0 Å². The van der Waals surface area contributed by atoms with Gasteiger partial charge in [0.2, 0.25) is 5.91 Å². The number of amides is 3. The summed E-state index contributed by atoms with van der Waals surface area (Å²) in [6, 6.07) is 21.2. The Balaban J connectivity index is 1.50. The highest BCUT2D eigenvalue weighted by atomic mass is 19.1. The maximum absolute atomic E-state index is 16.2. The Morgan fingerprint density at radius 2 is 1.85 bits per heavy atom. The predicted octanol–water partition coefficient (Wildman–Crippen LogP) is 5.49. The molecule has 10 heteroatoms. The normalized spacial score (nSPS) is 21.9. The molecule has 0 bridgehead atoms. The van der Waals surface area contributed by atoms with Crippen LogP contribution in [0.25, 0.3) is 0 Å². The van der Waals surface area contributed by atoms with Crippen LogP contribution in [0.5, 0.6) is 5.75 Å². The van der Waals surface area contributed by atoms with E-state index in [0.717, 1.165) is 5.56 Å². The van der Waals surface area contributed by atoms with E-state index in [9.17, 15) is 19.5 Å². The second-order valence-corrected chi connectivity index (χ2v) is 12.6. The summed E-state index contributed by atoms with van der Waals surface area (Å²) in [4.78, 5) is 44.4. The van der Waals surface area contributed by atoms with Gasteiger partial charge >= 0.3 is 0 Å². The van der Waals surface area contributed by atoms with Crippen molar-refractivity contribution < 1.29 is 33.4 Å². The van der Waals surface area contributed by atoms with Crippen molar-refractivity contribution in [1.29, 1.82) is 0 Å². The molecule has 2 aliphatic rings. The number of rotatable bonds is 12. The van der Waals surface area contributed by atoms with Crippen LogP contribution in [0.15, 0.2) is 85.5 Å². The van der Waals surface area contributed by atoms with E-state index >= 15 is 4.39 Å². The number of carbonyl (C=O) groups is 3. The molecule has 3 aromatic rings. The van der Waals surface area contributed by atoms with Crippen LogP contribution >= 0.6 is 0 Å². The molecule has 2 heterocycles. The zero-order valence-corrected chi connectivity index (χ0v) is 27.2. The van der Waals surface area contributed by atoms with Crippen molar-refractivity contribution in [2.24, 2.45) is 11.8 Å². The lowest BCUT2D eigenvalue weighted by molar-refractivity contribution is -0.150. The lowest BCUT2D eigenvalue weighted by Crippen LogP contribution is -2.45. The number of aliphatic hydroxyl groups is 1. The number of anilines is 2. The molecule has 0 radical (unpaired) electrons. The highest BCUT2D eigenvalue weighted by molar-refractivity contribution is 6.09. The third-order valence-corrected chi connectivity index (χ3v) is 9.20. The fourth-order valence-corrected chi connectivity index (χ4v) is 7.10. The van der Waals surface area contributed by atoms with Gasteiger partial charge in [-0.05, 0) is 61.9 Å². The number of nitrogens with one attached hydrogen (secondary N) is 1. The molecule has 248 valence electrons. The number of aliphatic hydroxyl groups excluding tert-OH is 1. The Morgan fingerprint density at radius 1 is 1.15 bits per heavy atom. The van der Waals surface area contributed by atoms with Crippen LogP contribution in [0, 0.1) is 11.8 Å². The number of halogens is 1. The molecule has 0 saturated carbocycles. The summed E-state index contributed by atoms with van der Waals surface area (Å²) in [5, 5.41) is 12.6. The fourth-order valence-electron chi connectivity index (χ4n) is 7.10. The first-order valence-corrected chi connectivity index (χ1v) is 15.8. The van der Waals surface area contributed by atoms with Gasteiger partial charge in [0.05, 0.1) is 31.9 Å². The summed E-state index contributed by atoms with van der Waals surface area (Å²) in [5.41, 5.74) is -0.640. The number of nitrogens with zero attached hydrogens (tertiary/aromatic N) is 2. The summed E-state index contributed by atoms with van der Waals surface area (Å²) in [7, 11) is 1.55. The van der Waals surface area contributed by atoms with Gasteiger partial charge in [-0.25, -0.2) is 4.39 Å². The van der Waals surface area contributed by atoms with Crippen molar-refractivity contribution in [1.82, 2.24) is 4.90 Å². The molecule has 9 nitrogen and oxygen atoms in total. The molecule has 2 N–H and O–H groups in total. The van der Waals surface area contributed by atoms with Crippen LogP contribution in [0.4, 0.5) is 15.8 Å². The molecule has 3 aromatic carbocycles. The van der Waals surface area contributed by atoms with E-state index in [1.165, 1.54) is 18.7 Å². The molecule has 0 aliphatic carbocycles. The van der Waals surface area contributed by atoms with Gasteiger partial charge in [0.25, 0.3) is 11.8 Å². The number of ether oxygens (including phenoxy) is 2. The zero-order chi connectivity index (χ0) is 33.9. The average molecular weight is 644 g/mol. The van der Waals surface area contributed by atoms with Crippen LogP contribution in [0.1, 0.15) is 48.7 Å². The number of alkyl halides is 1. The lowest BCUT2D eigenvalue weighted by Gasteiger charge is -2.32. The minimum atomic E-state index is -1.82. The summed E-state index contributed by atoms with van der Waals surface area (Å²) in [6.45, 7) is 8.80. The summed E-state index contributed by atoms with van der Waals surface area (Å²) >= 11 is 0. The Kier molecular flexibility index (Phi) is 9.84. The van der Waals surface area contributed by atoms with Gasteiger partial charge in [0, 0.05) is 48.3 Å². The summed E-state index contributed by atoms with van der Waals surface area (Å²) in [5.74, 6) is -1.96. The number of benzene rings is 3. The highest BCUT2D eigenvalue weighted by Gasteiger charge is 2.66. The first kappa shape index (κ1) is 33.8. The smallest absolute Gasteiger partial charge is 0.264 e. The number of methoxy groups -OCH3 is 1. The van der Waals surface area contributed by atoms with Crippen LogP contribution in [0.3, 0.4) is 0 Å². The van der Waals surface area contributed by atoms with Gasteiger partial charge in [-0.2, -0.15) is 0 Å². The van der Waals surface area contributed by atoms with E-state index in [4.69, 9.17) is 9.47 Å². The SMILES string of the molecule is C=CCN1C(=O)[C@@]2(O[C@@H](CC(=O)N(CCO)Cc3ccccc3)[C@H](C(C)(C)F)[C@H]2C)c2cc(NC(=O)c3ccc(OC)cc3)ccc21. The average Bonchev–Trinajstić information content (AvgIpc) is 3.47. The van der Waals surface area contributed by atoms with Crippen molar-refractivity contribution >= 4 is 29.1 Å². The number of carbonyl (C=O) groups excluding carboxylic acids is 3. The molecule has 47 heavy (non-hydrogen) atoms. The molecule has 4 atom stereocenters. The summed E-state index contributed by atoms with van der Waals surface area (Å²) < 4.78 is 28.0. The predicted molar refractivity (Wildman–Crippen MR) is 178 cm³/mol. The molecule has 3 amide bonds. The van der Waals surface area contributed by atoms with Gasteiger partial charge in [0.15, 0.2) is 5.60 Å². The first-order valence-electron chi connectivity index (χ1n) is 15.8. The number of fused-ring (bicyclic) bond motifs is 2. The molecule has 2 aliphatic heterocycles. The van der Waals surface area contributed by atoms with E-state index in [1.54, 1.807) is 67.5 Å². The molecule has 5 rings (SSSR count). The third kappa shape index (κ3) is 6.53. The Hall–Kier alpha value is -4.54. The minimum Gasteiger partial charge on any atom is -0.497 e. The lowest BCUT2D eigenvalue weighted by atomic mass is 9.71. The van der Waals surface area contributed by atoms with E-state index in [2.05, 4.69) is 11.9 Å². The van der Waals surface area contributed by atoms with Crippen molar-refractivity contribution in [3.05, 3.63) is 102 Å². The monoisotopic (exact) mass is 643 g/mol. The highest BCUT2D eigenvalue weighted by Crippen LogP contribution is 2.58. The van der Waals surface area contributed by atoms with Gasteiger partial charge < -0.3 is 29.7 Å². The van der Waals surface area contributed by atoms with Gasteiger partial charge in [-0.3, -0.25) is 14.4 Å². The molecular weight excluding hydrogens is 601 g/mol. The molecule has 0 unspecified atom stereocenters. The maximum Gasteiger partial charge on any atom is 0.264 e. The first-order chi connectivity index (χ1) is 22.4. The molecule has 1 saturated heterocycles. The Bertz CT molecular complexity index is 1620. The minimum absolute atomic E-state index is 0.0942. The van der Waals surface area contributed by atoms with E-state index < -0.39 is 29.2 Å². The van der Waals surface area contributed by atoms with Crippen molar-refractivity contribution in [2.45, 2.75) is 51.1 Å². The summed E-state index contributed by atoms with van der Waals surface area (Å²) in [6.07, 6.45) is 0.468. The van der Waals surface area contributed by atoms with Gasteiger partial charge in [0.1, 0.15) is 11.4 Å². The molecule has 0 aromatic heterocycles. The van der Waals surface area contributed by atoms with Crippen molar-refractivity contribution in [3.8, 4) is 5.75 Å². The maximum atomic E-state index is 16.2. The Morgan fingerprint density at radius 3 is 2.47 bits per heavy atom. The topological polar surface area (TPSA) is 108 Å². The van der Waals surface area contributed by atoms with Crippen LogP contribution < -0.4 is 15.0 Å². The number of hydrogen-bond donors (Lipinski definition) is 2. The standard InChI is InChI=1S/C37H42FN3O6/c1-6-18-41-30-17-14-27(39-34(44)26-12-15-28(46-5)16-13-26)21-29(30)37(35(41)45)24(2)33(36(3,4)38)31(47-37)22-32(43)40(19-20-42)23-25-10-8-7-9-11-25/h6-17,21,24,31,33,42H,1,18-20,22-23H2,2-5H3,(H,39,44)/t24-,31+,33-,37+/m1/s1. The Labute approximate surface area is 275 Å². The fraction of sp³-hybridized carbons (Fsp3) is 0.378.